The van der Waals surface area contributed by atoms with E-state index < -0.39 is 12.1 Å². The Labute approximate surface area is 444 Å². The Morgan fingerprint density at radius 1 is 0.380 bits per heavy atom. The summed E-state index contributed by atoms with van der Waals surface area (Å²) in [4.78, 5) is 24.6. The molecule has 422 valence electrons. The lowest BCUT2D eigenvalue weighted by atomic mass is 10.0. The average molecular weight is 1000 g/mol. The molecule has 0 aliphatic heterocycles. The topological polar surface area (TPSA) is 95.9 Å². The molecule has 0 fully saturated rings. The molecule has 0 aliphatic carbocycles. The summed E-state index contributed by atoms with van der Waals surface area (Å²) in [7, 11) is 0. The van der Waals surface area contributed by atoms with Crippen LogP contribution in [0.1, 0.15) is 367 Å². The van der Waals surface area contributed by atoms with Crippen molar-refractivity contribution in [2.24, 2.45) is 0 Å². The second kappa shape index (κ2) is 61.1. The van der Waals surface area contributed by atoms with Crippen molar-refractivity contribution in [1.29, 1.82) is 0 Å². The number of unbranched alkanes of at least 4 members (excludes halogenated alkanes) is 48. The van der Waals surface area contributed by atoms with Crippen LogP contribution in [-0.4, -0.2) is 47.4 Å². The van der Waals surface area contributed by atoms with E-state index in [-0.39, 0.29) is 18.5 Å². The number of rotatable bonds is 61. The Morgan fingerprint density at radius 3 is 1.00 bits per heavy atom. The van der Waals surface area contributed by atoms with Crippen LogP contribution in [-0.2, 0) is 14.3 Å². The fourth-order valence-corrected chi connectivity index (χ4v) is 10.3. The molecular weight excluding hydrogens is 875 g/mol. The molecule has 2 unspecified atom stereocenters. The lowest BCUT2D eigenvalue weighted by Crippen LogP contribution is -2.45. The quantitative estimate of drug-likeness (QED) is 0.0320. The number of aliphatic hydroxyl groups excluding tert-OH is 2. The Kier molecular flexibility index (Phi) is 59.9. The molecule has 2 atom stereocenters. The van der Waals surface area contributed by atoms with Gasteiger partial charge in [0.1, 0.15) is 0 Å². The third kappa shape index (κ3) is 57.7. The van der Waals surface area contributed by atoms with E-state index in [0.29, 0.717) is 25.9 Å². The van der Waals surface area contributed by atoms with Crippen LogP contribution in [0.2, 0.25) is 0 Å². The van der Waals surface area contributed by atoms with Crippen molar-refractivity contribution in [3.63, 3.8) is 0 Å². The van der Waals surface area contributed by atoms with Gasteiger partial charge in [-0.15, -0.1) is 0 Å². The molecule has 0 spiro atoms. The van der Waals surface area contributed by atoms with Crippen LogP contribution in [0.25, 0.3) is 0 Å². The summed E-state index contributed by atoms with van der Waals surface area (Å²) in [6, 6.07) is -0.547. The molecule has 0 saturated carbocycles. The molecule has 1 amide bonds. The van der Waals surface area contributed by atoms with E-state index in [1.165, 1.54) is 295 Å². The zero-order valence-electron chi connectivity index (χ0n) is 48.2. The molecule has 0 aliphatic rings. The zero-order chi connectivity index (χ0) is 51.4. The van der Waals surface area contributed by atoms with Crippen molar-refractivity contribution in [3.05, 3.63) is 12.2 Å². The van der Waals surface area contributed by atoms with Crippen LogP contribution < -0.4 is 5.32 Å². The van der Waals surface area contributed by atoms with Gasteiger partial charge in [-0.25, -0.2) is 0 Å². The van der Waals surface area contributed by atoms with E-state index in [2.05, 4.69) is 31.3 Å². The number of esters is 1. The summed E-state index contributed by atoms with van der Waals surface area (Å²) >= 11 is 0. The van der Waals surface area contributed by atoms with E-state index in [4.69, 9.17) is 4.74 Å². The van der Waals surface area contributed by atoms with Crippen molar-refractivity contribution in [1.82, 2.24) is 5.32 Å². The number of carbonyl (C=O) groups is 2. The third-order valence-electron chi connectivity index (χ3n) is 15.3. The largest absolute Gasteiger partial charge is 0.466 e. The predicted octanol–water partition coefficient (Wildman–Crippen LogP) is 20.4. The van der Waals surface area contributed by atoms with Gasteiger partial charge in [0, 0.05) is 12.8 Å². The minimum absolute atomic E-state index is 0.0111. The standard InChI is InChI=1S/C65H127NO5/c1-3-5-7-9-11-13-15-17-19-25-29-33-37-41-45-49-53-57-63(68)62(61-67)66-64(69)58-54-50-46-42-38-34-30-27-23-21-22-24-28-32-36-40-44-48-52-56-60-71-65(70)59-55-51-47-43-39-35-31-26-20-18-16-14-12-10-8-6-4-2/h21,23,62-63,67-68H,3-20,22,24-61H2,1-2H3,(H,66,69)/b23-21-. The van der Waals surface area contributed by atoms with Crippen LogP contribution in [0.5, 0.6) is 0 Å². The SMILES string of the molecule is CCCCCCCCCCCCCCCCCCCC(=O)OCCCCCCCCCCC/C=C\CCCCCCCCCC(=O)NC(CO)C(O)CCCCCCCCCCCCCCCCCCC. The lowest BCUT2D eigenvalue weighted by molar-refractivity contribution is -0.143. The van der Waals surface area contributed by atoms with Gasteiger partial charge in [-0.05, 0) is 51.4 Å². The highest BCUT2D eigenvalue weighted by Gasteiger charge is 2.20. The van der Waals surface area contributed by atoms with E-state index in [0.717, 1.165) is 38.5 Å². The lowest BCUT2D eigenvalue weighted by Gasteiger charge is -2.22. The van der Waals surface area contributed by atoms with Crippen molar-refractivity contribution in [3.8, 4) is 0 Å². The van der Waals surface area contributed by atoms with Crippen molar-refractivity contribution in [2.75, 3.05) is 13.2 Å². The van der Waals surface area contributed by atoms with Gasteiger partial charge in [-0.2, -0.15) is 0 Å². The van der Waals surface area contributed by atoms with E-state index in [1.54, 1.807) is 0 Å². The Balaban J connectivity index is 3.40. The maximum Gasteiger partial charge on any atom is 0.305 e. The summed E-state index contributed by atoms with van der Waals surface area (Å²) in [5.41, 5.74) is 0. The summed E-state index contributed by atoms with van der Waals surface area (Å²) in [6.45, 7) is 4.98. The monoisotopic (exact) mass is 1000 g/mol. The minimum Gasteiger partial charge on any atom is -0.466 e. The normalized spacial score (nSPS) is 12.6. The third-order valence-corrected chi connectivity index (χ3v) is 15.3. The van der Waals surface area contributed by atoms with E-state index >= 15 is 0 Å². The number of carbonyl (C=O) groups excluding carboxylic acids is 2. The summed E-state index contributed by atoms with van der Waals surface area (Å²) in [5.74, 6) is -0.0291. The molecule has 3 N–H and O–H groups in total. The fourth-order valence-electron chi connectivity index (χ4n) is 10.3. The maximum absolute atomic E-state index is 12.5. The molecule has 0 aromatic carbocycles. The van der Waals surface area contributed by atoms with Crippen LogP contribution in [0.3, 0.4) is 0 Å². The Hall–Kier alpha value is -1.40. The number of nitrogens with one attached hydrogen (secondary N) is 1. The molecule has 0 bridgehead atoms. The summed E-state index contributed by atoms with van der Waals surface area (Å²) in [5, 5.41) is 23.3. The zero-order valence-corrected chi connectivity index (χ0v) is 48.2. The highest BCUT2D eigenvalue weighted by Crippen LogP contribution is 2.18. The molecular formula is C65H127NO5. The second-order valence-electron chi connectivity index (χ2n) is 22.5. The van der Waals surface area contributed by atoms with Crippen molar-refractivity contribution >= 4 is 11.9 Å². The first kappa shape index (κ1) is 69.6. The van der Waals surface area contributed by atoms with Gasteiger partial charge < -0.3 is 20.3 Å². The van der Waals surface area contributed by atoms with Gasteiger partial charge in [-0.3, -0.25) is 9.59 Å². The van der Waals surface area contributed by atoms with E-state index in [1.807, 2.05) is 0 Å². The van der Waals surface area contributed by atoms with Crippen molar-refractivity contribution < 1.29 is 24.5 Å². The summed E-state index contributed by atoms with van der Waals surface area (Å²) in [6.07, 6.45) is 73.7. The first-order chi connectivity index (χ1) is 35.0. The second-order valence-corrected chi connectivity index (χ2v) is 22.5. The van der Waals surface area contributed by atoms with Gasteiger partial charge in [0.05, 0.1) is 25.4 Å². The van der Waals surface area contributed by atoms with Gasteiger partial charge in [0.25, 0.3) is 0 Å². The average Bonchev–Trinajstić information content (AvgIpc) is 3.37. The van der Waals surface area contributed by atoms with Crippen LogP contribution in [0.4, 0.5) is 0 Å². The molecule has 0 rings (SSSR count). The molecule has 6 nitrogen and oxygen atoms in total. The minimum atomic E-state index is -0.669. The fraction of sp³-hybridized carbons (Fsp3) is 0.938. The van der Waals surface area contributed by atoms with Gasteiger partial charge in [0.15, 0.2) is 0 Å². The highest BCUT2D eigenvalue weighted by atomic mass is 16.5. The molecule has 71 heavy (non-hydrogen) atoms. The molecule has 0 aromatic heterocycles. The number of ether oxygens (including phenoxy) is 1. The molecule has 0 radical (unpaired) electrons. The van der Waals surface area contributed by atoms with Gasteiger partial charge in [-0.1, -0.05) is 315 Å². The van der Waals surface area contributed by atoms with Crippen LogP contribution in [0.15, 0.2) is 12.2 Å². The van der Waals surface area contributed by atoms with Crippen LogP contribution in [0, 0.1) is 0 Å². The number of hydrogen-bond acceptors (Lipinski definition) is 5. The summed E-state index contributed by atoms with van der Waals surface area (Å²) < 4.78 is 5.50. The highest BCUT2D eigenvalue weighted by molar-refractivity contribution is 5.76. The number of amides is 1. The predicted molar refractivity (Wildman–Crippen MR) is 310 cm³/mol. The first-order valence-electron chi connectivity index (χ1n) is 32.4. The first-order valence-corrected chi connectivity index (χ1v) is 32.4. The Bertz CT molecular complexity index is 1060. The molecule has 0 heterocycles. The number of allylic oxidation sites excluding steroid dienone is 2. The smallest absolute Gasteiger partial charge is 0.305 e. The molecule has 0 saturated heterocycles. The number of aliphatic hydroxyl groups is 2. The van der Waals surface area contributed by atoms with Crippen LogP contribution >= 0.6 is 0 Å². The van der Waals surface area contributed by atoms with Gasteiger partial charge in [0.2, 0.25) is 5.91 Å². The Morgan fingerprint density at radius 2 is 0.662 bits per heavy atom. The number of hydrogen-bond donors (Lipinski definition) is 3. The maximum atomic E-state index is 12.5. The van der Waals surface area contributed by atoms with Crippen molar-refractivity contribution in [2.45, 2.75) is 379 Å². The van der Waals surface area contributed by atoms with Gasteiger partial charge >= 0.3 is 5.97 Å². The molecule has 0 aromatic rings. The molecule has 6 heteroatoms. The van der Waals surface area contributed by atoms with E-state index in [9.17, 15) is 19.8 Å².